The number of hydrogen-bond acceptors (Lipinski definition) is 8. The highest BCUT2D eigenvalue weighted by Crippen LogP contribution is 2.32. The number of ether oxygens (including phenoxy) is 1. The van der Waals surface area contributed by atoms with E-state index in [4.69, 9.17) is 4.74 Å². The molecule has 0 radical (unpaired) electrons. The van der Waals surface area contributed by atoms with Crippen LogP contribution in [0.5, 0.6) is 5.75 Å². The Morgan fingerprint density at radius 1 is 1.19 bits per heavy atom. The minimum atomic E-state index is -4.41. The number of thiazole rings is 1. The summed E-state index contributed by atoms with van der Waals surface area (Å²) in [5.41, 5.74) is 2.23. The highest BCUT2D eigenvalue weighted by molar-refractivity contribution is 7.14. The van der Waals surface area contributed by atoms with E-state index in [1.807, 2.05) is 17.9 Å². The zero-order valence-corrected chi connectivity index (χ0v) is 23.3. The maximum atomic E-state index is 13.0. The lowest BCUT2D eigenvalue weighted by atomic mass is 10.1. The third-order valence-corrected chi connectivity index (χ3v) is 7.64. The van der Waals surface area contributed by atoms with Crippen molar-refractivity contribution in [1.29, 1.82) is 0 Å². The van der Waals surface area contributed by atoms with Gasteiger partial charge in [0.25, 0.3) is 5.91 Å². The lowest BCUT2D eigenvalue weighted by Crippen LogP contribution is -2.48. The van der Waals surface area contributed by atoms with Crippen LogP contribution in [0.25, 0.3) is 11.3 Å². The minimum absolute atomic E-state index is 0.00816. The van der Waals surface area contributed by atoms with Crippen molar-refractivity contribution in [2.45, 2.75) is 26.3 Å². The summed E-state index contributed by atoms with van der Waals surface area (Å²) >= 11 is 1.26. The highest BCUT2D eigenvalue weighted by Gasteiger charge is 2.39. The number of nitrogens with zero attached hydrogens (tertiary/aromatic N) is 6. The SMILES string of the molecule is Cc1cc(-c2csc(NC(=O)Cn3cnc4c3C(=O)N(C)C3=NCCN34)n2)ccc1OCc1cccc(C(F)(F)F)c1. The summed E-state index contributed by atoms with van der Waals surface area (Å²) in [6.45, 7) is 2.90. The molecule has 2 amide bonds. The molecule has 1 N–H and O–H groups in total. The molecule has 0 fully saturated rings. The number of aromatic nitrogens is 3. The third kappa shape index (κ3) is 5.20. The normalized spacial score (nSPS) is 14.5. The summed E-state index contributed by atoms with van der Waals surface area (Å²) in [5, 5.41) is 4.98. The fraction of sp³-hybridized carbons (Fsp3) is 0.250. The molecule has 10 nitrogen and oxygen atoms in total. The Morgan fingerprint density at radius 2 is 2.02 bits per heavy atom. The first-order valence-electron chi connectivity index (χ1n) is 12.9. The lowest BCUT2D eigenvalue weighted by Gasteiger charge is -2.30. The number of hydrogen-bond donors (Lipinski definition) is 1. The van der Waals surface area contributed by atoms with Crippen LogP contribution >= 0.6 is 11.3 Å². The van der Waals surface area contributed by atoms with E-state index in [0.717, 1.165) is 23.3 Å². The van der Waals surface area contributed by atoms with Gasteiger partial charge >= 0.3 is 6.18 Å². The number of imidazole rings is 1. The van der Waals surface area contributed by atoms with Gasteiger partial charge in [-0.3, -0.25) is 24.4 Å². The summed E-state index contributed by atoms with van der Waals surface area (Å²) < 4.78 is 46.3. The molecule has 42 heavy (non-hydrogen) atoms. The highest BCUT2D eigenvalue weighted by atomic mass is 32.1. The topological polar surface area (TPSA) is 105 Å². The molecule has 0 unspecified atom stereocenters. The number of carbonyl (C=O) groups excluding carboxylic acids is 2. The van der Waals surface area contributed by atoms with Crippen molar-refractivity contribution in [1.82, 2.24) is 19.4 Å². The minimum Gasteiger partial charge on any atom is -0.489 e. The quantitative estimate of drug-likeness (QED) is 0.329. The fourth-order valence-corrected chi connectivity index (χ4v) is 5.56. The molecule has 4 heterocycles. The van der Waals surface area contributed by atoms with E-state index < -0.39 is 11.7 Å². The van der Waals surface area contributed by atoms with Crippen LogP contribution in [0.4, 0.5) is 24.1 Å². The van der Waals surface area contributed by atoms with Gasteiger partial charge in [0.15, 0.2) is 16.6 Å². The molecule has 0 atom stereocenters. The number of benzene rings is 2. The predicted molar refractivity (Wildman–Crippen MR) is 151 cm³/mol. The molecule has 0 aliphatic carbocycles. The smallest absolute Gasteiger partial charge is 0.416 e. The number of nitrogens with one attached hydrogen (secondary N) is 1. The fourth-order valence-electron chi connectivity index (χ4n) is 4.83. The van der Waals surface area contributed by atoms with Crippen molar-refractivity contribution in [3.63, 3.8) is 0 Å². The summed E-state index contributed by atoms with van der Waals surface area (Å²) in [5.74, 6) is 0.957. The average Bonchev–Trinajstić information content (AvgIpc) is 3.71. The van der Waals surface area contributed by atoms with E-state index >= 15 is 0 Å². The monoisotopic (exact) mass is 595 g/mol. The molecule has 6 rings (SSSR count). The molecule has 2 aliphatic heterocycles. The Labute approximate surface area is 242 Å². The first-order valence-corrected chi connectivity index (χ1v) is 13.8. The van der Waals surface area contributed by atoms with Gasteiger partial charge in [0.05, 0.1) is 24.1 Å². The van der Waals surface area contributed by atoms with Crippen LogP contribution in [0.2, 0.25) is 0 Å². The van der Waals surface area contributed by atoms with Crippen LogP contribution in [0, 0.1) is 6.92 Å². The van der Waals surface area contributed by atoms with Gasteiger partial charge < -0.3 is 14.6 Å². The molecule has 0 bridgehead atoms. The van der Waals surface area contributed by atoms with Crippen LogP contribution in [0.15, 0.2) is 59.2 Å². The number of carbonyl (C=O) groups is 2. The van der Waals surface area contributed by atoms with Gasteiger partial charge in [0.1, 0.15) is 18.9 Å². The number of aryl methyl sites for hydroxylation is 1. The van der Waals surface area contributed by atoms with Crippen LogP contribution in [-0.2, 0) is 24.1 Å². The molecule has 4 aromatic rings. The van der Waals surface area contributed by atoms with Crippen molar-refractivity contribution in [3.05, 3.63) is 76.6 Å². The molecular weight excluding hydrogens is 571 g/mol. The zero-order valence-electron chi connectivity index (χ0n) is 22.5. The van der Waals surface area contributed by atoms with E-state index in [1.165, 1.54) is 33.2 Å². The second-order valence-electron chi connectivity index (χ2n) is 9.80. The van der Waals surface area contributed by atoms with Crippen LogP contribution < -0.4 is 15.0 Å². The Balaban J connectivity index is 1.10. The van der Waals surface area contributed by atoms with Gasteiger partial charge in [-0.25, -0.2) is 9.97 Å². The third-order valence-electron chi connectivity index (χ3n) is 6.88. The van der Waals surface area contributed by atoms with E-state index in [2.05, 4.69) is 20.3 Å². The van der Waals surface area contributed by atoms with E-state index in [9.17, 15) is 22.8 Å². The molecule has 0 saturated carbocycles. The number of aliphatic imine (C=N–C) groups is 1. The summed E-state index contributed by atoms with van der Waals surface area (Å²) in [7, 11) is 1.65. The van der Waals surface area contributed by atoms with E-state index in [1.54, 1.807) is 30.6 Å². The number of amides is 2. The van der Waals surface area contributed by atoms with Gasteiger partial charge in [-0.05, 0) is 48.4 Å². The summed E-state index contributed by atoms with van der Waals surface area (Å²) in [4.78, 5) is 42.3. The Morgan fingerprint density at radius 3 is 2.81 bits per heavy atom. The maximum Gasteiger partial charge on any atom is 0.416 e. The standard InChI is InChI=1S/C28H24F3N7O3S/c1-16-10-18(6-7-21(16)41-13-17-4-3-5-19(11-17)28(29,30)31)20-14-42-26(34-20)35-22(39)12-37-15-33-24-23(37)25(40)36(2)27-32-8-9-38(24)27/h3-7,10-11,14-15H,8-9,12-13H2,1-2H3,(H,34,35,39). The van der Waals surface area contributed by atoms with Gasteiger partial charge in [0.2, 0.25) is 11.9 Å². The second-order valence-corrected chi connectivity index (χ2v) is 10.7. The molecule has 2 aliphatic rings. The Kier molecular flexibility index (Phi) is 6.93. The Bertz CT molecular complexity index is 1730. The summed E-state index contributed by atoms with van der Waals surface area (Å²) in [6, 6.07) is 10.4. The molecule has 0 saturated heterocycles. The van der Waals surface area contributed by atoms with Crippen molar-refractivity contribution < 1.29 is 27.5 Å². The van der Waals surface area contributed by atoms with Crippen molar-refractivity contribution in [2.75, 3.05) is 30.4 Å². The number of anilines is 2. The average molecular weight is 596 g/mol. The maximum absolute atomic E-state index is 13.0. The molecule has 2 aromatic heterocycles. The van der Waals surface area contributed by atoms with Crippen molar-refractivity contribution in [3.8, 4) is 17.0 Å². The predicted octanol–water partition coefficient (Wildman–Crippen LogP) is 4.81. The largest absolute Gasteiger partial charge is 0.489 e. The van der Waals surface area contributed by atoms with E-state index in [0.29, 0.717) is 52.7 Å². The zero-order chi connectivity index (χ0) is 29.6. The Hall–Kier alpha value is -4.72. The van der Waals surface area contributed by atoms with Crippen LogP contribution in [-0.4, -0.2) is 57.3 Å². The molecular formula is C28H24F3N7O3S. The first-order chi connectivity index (χ1) is 20.1. The van der Waals surface area contributed by atoms with Gasteiger partial charge in [-0.2, -0.15) is 13.2 Å². The van der Waals surface area contributed by atoms with Gasteiger partial charge in [-0.1, -0.05) is 12.1 Å². The molecule has 2 aromatic carbocycles. The number of halogens is 3. The lowest BCUT2D eigenvalue weighted by molar-refractivity contribution is -0.137. The molecule has 216 valence electrons. The molecule has 14 heteroatoms. The number of alkyl halides is 3. The number of fused-ring (bicyclic) bond motifs is 3. The molecule has 0 spiro atoms. The van der Waals surface area contributed by atoms with E-state index in [-0.39, 0.29) is 25.0 Å². The number of rotatable bonds is 7. The second kappa shape index (κ2) is 10.6. The first kappa shape index (κ1) is 27.4. The van der Waals surface area contributed by atoms with Crippen molar-refractivity contribution >= 4 is 40.1 Å². The van der Waals surface area contributed by atoms with Crippen LogP contribution in [0.3, 0.4) is 0 Å². The van der Waals surface area contributed by atoms with Gasteiger partial charge in [0, 0.05) is 24.5 Å². The van der Waals surface area contributed by atoms with Crippen molar-refractivity contribution in [2.24, 2.45) is 4.99 Å². The van der Waals surface area contributed by atoms with Gasteiger partial charge in [-0.15, -0.1) is 11.3 Å². The summed E-state index contributed by atoms with van der Waals surface area (Å²) in [6.07, 6.45) is -2.94. The van der Waals surface area contributed by atoms with Crippen LogP contribution in [0.1, 0.15) is 27.2 Å². The number of guanidine groups is 1.